The Morgan fingerprint density at radius 2 is 1.77 bits per heavy atom. The smallest absolute Gasteiger partial charge is 0.176 e. The molecule has 0 atom stereocenters. The molecule has 0 spiro atoms. The van der Waals surface area contributed by atoms with Crippen molar-refractivity contribution >= 4 is 28.8 Å². The third-order valence-electron chi connectivity index (χ3n) is 4.31. The van der Waals surface area contributed by atoms with Gasteiger partial charge in [-0.25, -0.2) is 0 Å². The molecule has 26 heavy (non-hydrogen) atoms. The van der Waals surface area contributed by atoms with Crippen LogP contribution in [0, 0.1) is 6.92 Å². The summed E-state index contributed by atoms with van der Waals surface area (Å²) in [6.07, 6.45) is 1.95. The maximum absolute atomic E-state index is 5.39. The fourth-order valence-electron chi connectivity index (χ4n) is 2.71. The molecule has 0 saturated heterocycles. The van der Waals surface area contributed by atoms with Crippen LogP contribution < -0.4 is 10.6 Å². The number of benzene rings is 2. The molecule has 0 amide bonds. The Bertz CT molecular complexity index is 881. The van der Waals surface area contributed by atoms with Crippen LogP contribution in [-0.4, -0.2) is 14.9 Å². The lowest BCUT2D eigenvalue weighted by molar-refractivity contribution is 0.687. The maximum atomic E-state index is 5.39. The first-order valence-electron chi connectivity index (χ1n) is 8.77. The van der Waals surface area contributed by atoms with E-state index in [0.29, 0.717) is 11.0 Å². The highest BCUT2D eigenvalue weighted by Crippen LogP contribution is 2.17. The van der Waals surface area contributed by atoms with Crippen LogP contribution in [0.1, 0.15) is 36.5 Å². The molecule has 1 aromatic heterocycles. The van der Waals surface area contributed by atoms with E-state index >= 15 is 0 Å². The molecule has 2 aromatic carbocycles. The van der Waals surface area contributed by atoms with E-state index in [-0.39, 0.29) is 0 Å². The van der Waals surface area contributed by atoms with Crippen molar-refractivity contribution in [1.29, 1.82) is 0 Å². The van der Waals surface area contributed by atoms with E-state index in [2.05, 4.69) is 66.8 Å². The number of hydrogen-bond donors (Lipinski definition) is 2. The minimum atomic E-state index is 0.520. The molecule has 5 heteroatoms. The number of aromatic nitrogens is 2. The van der Waals surface area contributed by atoms with Gasteiger partial charge in [-0.1, -0.05) is 50.2 Å². The van der Waals surface area contributed by atoms with Crippen LogP contribution in [0.5, 0.6) is 0 Å². The van der Waals surface area contributed by atoms with Crippen LogP contribution >= 0.6 is 12.2 Å². The summed E-state index contributed by atoms with van der Waals surface area (Å²) in [6.45, 7) is 7.22. The van der Waals surface area contributed by atoms with E-state index in [0.717, 1.165) is 18.1 Å². The Morgan fingerprint density at radius 3 is 2.46 bits per heavy atom. The van der Waals surface area contributed by atoms with Crippen LogP contribution in [0.4, 0.5) is 11.5 Å². The summed E-state index contributed by atoms with van der Waals surface area (Å²) < 4.78 is 1.91. The zero-order valence-corrected chi connectivity index (χ0v) is 16.2. The van der Waals surface area contributed by atoms with Crippen molar-refractivity contribution in [1.82, 2.24) is 9.78 Å². The van der Waals surface area contributed by atoms with Gasteiger partial charge in [0.1, 0.15) is 0 Å². The Morgan fingerprint density at radius 1 is 1.04 bits per heavy atom. The minimum Gasteiger partial charge on any atom is -0.332 e. The summed E-state index contributed by atoms with van der Waals surface area (Å²) in [5, 5.41) is 11.4. The van der Waals surface area contributed by atoms with Gasteiger partial charge in [-0.15, -0.1) is 0 Å². The van der Waals surface area contributed by atoms with Crippen LogP contribution in [0.15, 0.2) is 60.8 Å². The second-order valence-corrected chi connectivity index (χ2v) is 7.09. The molecule has 0 aliphatic carbocycles. The average Bonchev–Trinajstić information content (AvgIpc) is 3.04. The number of nitrogens with one attached hydrogen (secondary N) is 2. The molecule has 0 unspecified atom stereocenters. The second kappa shape index (κ2) is 8.15. The van der Waals surface area contributed by atoms with E-state index < -0.39 is 0 Å². The lowest BCUT2D eigenvalue weighted by atomic mass is 10.0. The molecule has 1 heterocycles. The van der Waals surface area contributed by atoms with Crippen LogP contribution in [0.25, 0.3) is 0 Å². The summed E-state index contributed by atoms with van der Waals surface area (Å²) in [5.74, 6) is 1.25. The third kappa shape index (κ3) is 4.70. The number of aryl methyl sites for hydroxylation is 1. The highest BCUT2D eigenvalue weighted by Gasteiger charge is 2.05. The number of rotatable bonds is 5. The predicted octanol–water partition coefficient (Wildman–Crippen LogP) is 5.17. The summed E-state index contributed by atoms with van der Waals surface area (Å²) in [6, 6.07) is 18.6. The molecular weight excluding hydrogens is 340 g/mol. The first-order chi connectivity index (χ1) is 12.5. The molecule has 2 N–H and O–H groups in total. The monoisotopic (exact) mass is 364 g/mol. The predicted molar refractivity (Wildman–Crippen MR) is 113 cm³/mol. The summed E-state index contributed by atoms with van der Waals surface area (Å²) >= 11 is 5.39. The van der Waals surface area contributed by atoms with Crippen molar-refractivity contribution in [2.45, 2.75) is 33.2 Å². The quantitative estimate of drug-likeness (QED) is 0.613. The number of hydrogen-bond acceptors (Lipinski definition) is 2. The van der Waals surface area contributed by atoms with Crippen molar-refractivity contribution in [2.24, 2.45) is 0 Å². The fourth-order valence-corrected chi connectivity index (χ4v) is 2.93. The molecule has 3 aromatic rings. The lowest BCUT2D eigenvalue weighted by Gasteiger charge is -2.10. The van der Waals surface area contributed by atoms with Crippen molar-refractivity contribution in [3.05, 3.63) is 77.5 Å². The van der Waals surface area contributed by atoms with Gasteiger partial charge in [-0.3, -0.25) is 4.68 Å². The minimum absolute atomic E-state index is 0.520. The molecule has 0 radical (unpaired) electrons. The van der Waals surface area contributed by atoms with Gasteiger partial charge in [0.2, 0.25) is 0 Å². The van der Waals surface area contributed by atoms with Gasteiger partial charge in [0.15, 0.2) is 10.9 Å². The zero-order valence-electron chi connectivity index (χ0n) is 15.4. The molecule has 0 fully saturated rings. The van der Waals surface area contributed by atoms with E-state index in [1.807, 2.05) is 35.1 Å². The van der Waals surface area contributed by atoms with Crippen LogP contribution in [0.3, 0.4) is 0 Å². The molecule has 0 aliphatic rings. The van der Waals surface area contributed by atoms with Crippen molar-refractivity contribution in [2.75, 3.05) is 10.6 Å². The van der Waals surface area contributed by atoms with Crippen LogP contribution in [0.2, 0.25) is 0 Å². The van der Waals surface area contributed by atoms with Gasteiger partial charge in [0.25, 0.3) is 0 Å². The molecule has 3 rings (SSSR count). The Balaban J connectivity index is 1.58. The van der Waals surface area contributed by atoms with Crippen molar-refractivity contribution in [3.63, 3.8) is 0 Å². The molecule has 4 nitrogen and oxygen atoms in total. The van der Waals surface area contributed by atoms with E-state index in [4.69, 9.17) is 12.2 Å². The van der Waals surface area contributed by atoms with Gasteiger partial charge >= 0.3 is 0 Å². The standard InChI is InChI=1S/C21H24N4S/c1-15(2)17-8-10-19(11-9-17)22-21(26)23-20-12-13-25(24-20)14-18-7-5-4-6-16(18)3/h4-13,15H,14H2,1-3H3,(H2,22,23,24,26). The molecule has 0 aliphatic heterocycles. The van der Waals surface area contributed by atoms with Gasteiger partial charge in [0.05, 0.1) is 6.54 Å². The van der Waals surface area contributed by atoms with Gasteiger partial charge in [-0.05, 0) is 53.9 Å². The van der Waals surface area contributed by atoms with Crippen molar-refractivity contribution in [3.8, 4) is 0 Å². The third-order valence-corrected chi connectivity index (χ3v) is 4.52. The van der Waals surface area contributed by atoms with E-state index in [1.165, 1.54) is 16.7 Å². The fraction of sp³-hybridized carbons (Fsp3) is 0.238. The Kier molecular flexibility index (Phi) is 5.68. The molecule has 0 bridgehead atoms. The van der Waals surface area contributed by atoms with Crippen molar-refractivity contribution < 1.29 is 0 Å². The number of nitrogens with zero attached hydrogens (tertiary/aromatic N) is 2. The highest BCUT2D eigenvalue weighted by molar-refractivity contribution is 7.80. The molecule has 134 valence electrons. The SMILES string of the molecule is Cc1ccccc1Cn1ccc(NC(=S)Nc2ccc(C(C)C)cc2)n1. The summed E-state index contributed by atoms with van der Waals surface area (Å²) in [7, 11) is 0. The Hall–Kier alpha value is -2.66. The second-order valence-electron chi connectivity index (χ2n) is 6.68. The largest absolute Gasteiger partial charge is 0.332 e. The van der Waals surface area contributed by atoms with Gasteiger partial charge in [-0.2, -0.15) is 5.10 Å². The van der Waals surface area contributed by atoms with Gasteiger partial charge in [0, 0.05) is 18.0 Å². The molecular formula is C21H24N4S. The number of anilines is 2. The first-order valence-corrected chi connectivity index (χ1v) is 9.18. The van der Waals surface area contributed by atoms with Crippen LogP contribution in [-0.2, 0) is 6.54 Å². The lowest BCUT2D eigenvalue weighted by Crippen LogP contribution is -2.19. The normalized spacial score (nSPS) is 10.8. The summed E-state index contributed by atoms with van der Waals surface area (Å²) in [4.78, 5) is 0. The first kappa shape index (κ1) is 18.1. The summed E-state index contributed by atoms with van der Waals surface area (Å²) in [5.41, 5.74) is 4.79. The topological polar surface area (TPSA) is 41.9 Å². The van der Waals surface area contributed by atoms with Gasteiger partial charge < -0.3 is 10.6 Å². The van der Waals surface area contributed by atoms with E-state index in [9.17, 15) is 0 Å². The average molecular weight is 365 g/mol. The Labute approximate surface area is 160 Å². The zero-order chi connectivity index (χ0) is 18.5. The molecule has 0 saturated carbocycles. The number of thiocarbonyl (C=S) groups is 1. The maximum Gasteiger partial charge on any atom is 0.176 e. The highest BCUT2D eigenvalue weighted by atomic mass is 32.1. The van der Waals surface area contributed by atoms with E-state index in [1.54, 1.807) is 0 Å².